The Kier molecular flexibility index (Phi) is 3.16. The van der Waals surface area contributed by atoms with Gasteiger partial charge in [-0.3, -0.25) is 0 Å². The van der Waals surface area contributed by atoms with Gasteiger partial charge in [-0.15, -0.1) is 11.3 Å². The minimum atomic E-state index is 0.966. The van der Waals surface area contributed by atoms with Gasteiger partial charge in [0, 0.05) is 28.8 Å². The summed E-state index contributed by atoms with van der Waals surface area (Å²) in [5.41, 5.74) is 9.59. The van der Waals surface area contributed by atoms with Gasteiger partial charge >= 0.3 is 0 Å². The maximum Gasteiger partial charge on any atom is 0.156 e. The van der Waals surface area contributed by atoms with Crippen LogP contribution in [0.25, 0.3) is 21.9 Å². The summed E-state index contributed by atoms with van der Waals surface area (Å²) in [5.74, 6) is 0. The van der Waals surface area contributed by atoms with Crippen LogP contribution in [-0.2, 0) is 12.8 Å². The third-order valence-corrected chi connectivity index (χ3v) is 6.17. The SMILES string of the molecule is Cc1nc2cc(-c3sccc3-n3c(C)ccc3C)nn2c2c1CCC2. The fourth-order valence-corrected chi connectivity index (χ4v) is 4.90. The van der Waals surface area contributed by atoms with Crippen molar-refractivity contribution < 1.29 is 0 Å². The molecule has 0 aromatic carbocycles. The molecule has 4 nitrogen and oxygen atoms in total. The van der Waals surface area contributed by atoms with Crippen molar-refractivity contribution in [1.29, 1.82) is 0 Å². The van der Waals surface area contributed by atoms with Crippen LogP contribution in [0.1, 0.15) is 34.8 Å². The number of aryl methyl sites for hydroxylation is 4. The summed E-state index contributed by atoms with van der Waals surface area (Å²) in [4.78, 5) is 6.01. The predicted octanol–water partition coefficient (Wildman–Crippen LogP) is 4.66. The third-order valence-electron chi connectivity index (χ3n) is 5.24. The summed E-state index contributed by atoms with van der Waals surface area (Å²) in [6.07, 6.45) is 3.44. The third kappa shape index (κ3) is 2.12. The molecule has 25 heavy (non-hydrogen) atoms. The largest absolute Gasteiger partial charge is 0.317 e. The molecule has 0 unspecified atom stereocenters. The van der Waals surface area contributed by atoms with Crippen molar-refractivity contribution in [3.05, 3.63) is 58.0 Å². The maximum absolute atomic E-state index is 4.95. The molecule has 0 atom stereocenters. The first-order chi connectivity index (χ1) is 12.1. The Morgan fingerprint density at radius 3 is 2.64 bits per heavy atom. The number of fused-ring (bicyclic) bond motifs is 3. The number of aromatic nitrogens is 4. The average Bonchev–Trinajstić information content (AvgIpc) is 3.32. The highest BCUT2D eigenvalue weighted by molar-refractivity contribution is 7.14. The van der Waals surface area contributed by atoms with E-state index in [2.05, 4.69) is 59.5 Å². The van der Waals surface area contributed by atoms with Crippen LogP contribution in [0, 0.1) is 20.8 Å². The summed E-state index contributed by atoms with van der Waals surface area (Å²) >= 11 is 1.75. The second kappa shape index (κ2) is 5.30. The van der Waals surface area contributed by atoms with Crippen molar-refractivity contribution in [2.75, 3.05) is 0 Å². The van der Waals surface area contributed by atoms with E-state index in [1.165, 1.54) is 39.6 Å². The van der Waals surface area contributed by atoms with Crippen LogP contribution in [-0.4, -0.2) is 19.2 Å². The average molecular weight is 348 g/mol. The molecule has 0 saturated heterocycles. The van der Waals surface area contributed by atoms with E-state index in [1.54, 1.807) is 11.3 Å². The molecule has 4 aromatic rings. The van der Waals surface area contributed by atoms with Gasteiger partial charge in [0.15, 0.2) is 5.65 Å². The van der Waals surface area contributed by atoms with Crippen LogP contribution in [0.15, 0.2) is 29.6 Å². The van der Waals surface area contributed by atoms with E-state index < -0.39 is 0 Å². The topological polar surface area (TPSA) is 35.1 Å². The molecule has 0 fully saturated rings. The fraction of sp³-hybridized carbons (Fsp3) is 0.300. The molecule has 0 radical (unpaired) electrons. The van der Waals surface area contributed by atoms with Crippen molar-refractivity contribution >= 4 is 17.0 Å². The Bertz CT molecular complexity index is 1090. The van der Waals surface area contributed by atoms with E-state index in [0.717, 1.165) is 29.9 Å². The van der Waals surface area contributed by atoms with Gasteiger partial charge in [0.2, 0.25) is 0 Å². The monoisotopic (exact) mass is 348 g/mol. The van der Waals surface area contributed by atoms with Crippen LogP contribution < -0.4 is 0 Å². The van der Waals surface area contributed by atoms with E-state index in [-0.39, 0.29) is 0 Å². The Balaban J connectivity index is 1.73. The lowest BCUT2D eigenvalue weighted by atomic mass is 10.2. The van der Waals surface area contributed by atoms with E-state index in [1.807, 2.05) is 0 Å². The van der Waals surface area contributed by atoms with Crippen molar-refractivity contribution in [2.45, 2.75) is 40.0 Å². The number of nitrogens with zero attached hydrogens (tertiary/aromatic N) is 4. The van der Waals surface area contributed by atoms with Gasteiger partial charge in [-0.2, -0.15) is 5.10 Å². The van der Waals surface area contributed by atoms with E-state index in [4.69, 9.17) is 10.1 Å². The predicted molar refractivity (Wildman–Crippen MR) is 102 cm³/mol. The second-order valence-electron chi connectivity index (χ2n) is 6.86. The zero-order chi connectivity index (χ0) is 17.1. The maximum atomic E-state index is 4.95. The molecular weight excluding hydrogens is 328 g/mol. The molecule has 1 aliphatic rings. The van der Waals surface area contributed by atoms with Gasteiger partial charge in [-0.1, -0.05) is 0 Å². The molecule has 0 amide bonds. The Labute approximate surface area is 150 Å². The first-order valence-electron chi connectivity index (χ1n) is 8.75. The molecular formula is C20H20N4S. The lowest BCUT2D eigenvalue weighted by Gasteiger charge is -2.09. The highest BCUT2D eigenvalue weighted by Crippen LogP contribution is 2.35. The molecule has 0 aliphatic heterocycles. The minimum absolute atomic E-state index is 0.966. The Morgan fingerprint density at radius 2 is 1.84 bits per heavy atom. The highest BCUT2D eigenvalue weighted by Gasteiger charge is 2.21. The first-order valence-corrected chi connectivity index (χ1v) is 9.63. The van der Waals surface area contributed by atoms with Crippen LogP contribution >= 0.6 is 11.3 Å². The molecule has 4 heterocycles. The normalized spacial score (nSPS) is 13.7. The fourth-order valence-electron chi connectivity index (χ4n) is 4.07. The van der Waals surface area contributed by atoms with Crippen LogP contribution in [0.4, 0.5) is 0 Å². The van der Waals surface area contributed by atoms with E-state index >= 15 is 0 Å². The zero-order valence-corrected chi connectivity index (χ0v) is 15.5. The highest BCUT2D eigenvalue weighted by atomic mass is 32.1. The summed E-state index contributed by atoms with van der Waals surface area (Å²) in [7, 11) is 0. The second-order valence-corrected chi connectivity index (χ2v) is 7.78. The van der Waals surface area contributed by atoms with Gasteiger partial charge in [0.05, 0.1) is 10.6 Å². The van der Waals surface area contributed by atoms with Crippen molar-refractivity contribution in [3.63, 3.8) is 0 Å². The summed E-state index contributed by atoms with van der Waals surface area (Å²) in [6, 6.07) is 8.65. The van der Waals surface area contributed by atoms with Gasteiger partial charge in [0.1, 0.15) is 5.69 Å². The quantitative estimate of drug-likeness (QED) is 0.528. The zero-order valence-electron chi connectivity index (χ0n) is 14.7. The van der Waals surface area contributed by atoms with Crippen LogP contribution in [0.5, 0.6) is 0 Å². The van der Waals surface area contributed by atoms with Gasteiger partial charge in [0.25, 0.3) is 0 Å². The number of hydrogen-bond donors (Lipinski definition) is 0. The summed E-state index contributed by atoms with van der Waals surface area (Å²) < 4.78 is 4.38. The molecule has 5 heteroatoms. The van der Waals surface area contributed by atoms with Crippen molar-refractivity contribution in [2.24, 2.45) is 0 Å². The van der Waals surface area contributed by atoms with Gasteiger partial charge in [-0.25, -0.2) is 9.50 Å². The number of hydrogen-bond acceptors (Lipinski definition) is 3. The summed E-state index contributed by atoms with van der Waals surface area (Å²) in [6.45, 7) is 6.42. The molecule has 0 saturated carbocycles. The van der Waals surface area contributed by atoms with Crippen molar-refractivity contribution in [3.8, 4) is 16.3 Å². The lowest BCUT2D eigenvalue weighted by molar-refractivity contribution is 0.837. The standard InChI is InChI=1S/C20H20N4S/c1-12-7-8-13(2)23(12)18-9-10-25-20(18)16-11-19-21-14(3)15-5-4-6-17(15)24(19)22-16/h7-11H,4-6H2,1-3H3. The van der Waals surface area contributed by atoms with Gasteiger partial charge < -0.3 is 4.57 Å². The van der Waals surface area contributed by atoms with Gasteiger partial charge in [-0.05, 0) is 69.2 Å². The number of thiophene rings is 1. The Hall–Kier alpha value is -2.40. The molecule has 5 rings (SSSR count). The Morgan fingerprint density at radius 1 is 1.04 bits per heavy atom. The van der Waals surface area contributed by atoms with Crippen molar-refractivity contribution in [1.82, 2.24) is 19.2 Å². The minimum Gasteiger partial charge on any atom is -0.317 e. The molecule has 0 spiro atoms. The molecule has 0 bridgehead atoms. The molecule has 1 aliphatic carbocycles. The lowest BCUT2D eigenvalue weighted by Crippen LogP contribution is -2.03. The van der Waals surface area contributed by atoms with Crippen LogP contribution in [0.3, 0.4) is 0 Å². The molecule has 126 valence electrons. The molecule has 4 aromatic heterocycles. The van der Waals surface area contributed by atoms with E-state index in [0.29, 0.717) is 0 Å². The smallest absolute Gasteiger partial charge is 0.156 e. The summed E-state index contributed by atoms with van der Waals surface area (Å²) in [5, 5.41) is 7.10. The number of rotatable bonds is 2. The van der Waals surface area contributed by atoms with E-state index in [9.17, 15) is 0 Å². The van der Waals surface area contributed by atoms with Crippen LogP contribution in [0.2, 0.25) is 0 Å². The molecule has 0 N–H and O–H groups in total. The first kappa shape index (κ1) is 14.9.